The van der Waals surface area contributed by atoms with Crippen LogP contribution in [0.1, 0.15) is 50.6 Å². The number of amides is 1. The Balaban J connectivity index is 2.01. The van der Waals surface area contributed by atoms with Crippen molar-refractivity contribution in [3.8, 4) is 0 Å². The highest BCUT2D eigenvalue weighted by Gasteiger charge is 2.44. The van der Waals surface area contributed by atoms with Gasteiger partial charge in [-0.25, -0.2) is 0 Å². The van der Waals surface area contributed by atoms with Crippen LogP contribution in [0.5, 0.6) is 0 Å². The Labute approximate surface area is 163 Å². The van der Waals surface area contributed by atoms with Gasteiger partial charge in [-0.2, -0.15) is 0 Å². The third-order valence-electron chi connectivity index (χ3n) is 5.25. The summed E-state index contributed by atoms with van der Waals surface area (Å²) in [5.41, 5.74) is 4.42. The smallest absolute Gasteiger partial charge is 0.261 e. The largest absolute Gasteiger partial charge is 0.348 e. The van der Waals surface area contributed by atoms with Gasteiger partial charge in [-0.15, -0.1) is 0 Å². The van der Waals surface area contributed by atoms with E-state index in [1.54, 1.807) is 4.90 Å². The highest BCUT2D eigenvalue weighted by atomic mass is 35.5. The summed E-state index contributed by atoms with van der Waals surface area (Å²) in [4.78, 5) is 27.6. The van der Waals surface area contributed by atoms with E-state index >= 15 is 0 Å². The number of hydrogen-bond acceptors (Lipinski definition) is 2. The second-order valence-electron chi connectivity index (χ2n) is 6.80. The van der Waals surface area contributed by atoms with Crippen molar-refractivity contribution in [2.45, 2.75) is 19.9 Å². The number of hydrogen-bond donors (Lipinski definition) is 0. The molecule has 27 heavy (non-hydrogen) atoms. The third kappa shape index (κ3) is 2.60. The van der Waals surface area contributed by atoms with Gasteiger partial charge >= 0.3 is 0 Å². The minimum atomic E-state index is -0.316. The van der Waals surface area contributed by atoms with Crippen LogP contribution in [0.2, 0.25) is 5.02 Å². The predicted molar refractivity (Wildman–Crippen MR) is 107 cm³/mol. The number of Topliss-reactive ketones (excluding diaryl/α,β-unsaturated/α-hetero) is 1. The number of nitrogens with zero attached hydrogens (tertiary/aromatic N) is 2. The summed E-state index contributed by atoms with van der Waals surface area (Å²) >= 11 is 6.07. The molecular weight excluding hydrogens is 360 g/mol. The van der Waals surface area contributed by atoms with Crippen molar-refractivity contribution < 1.29 is 9.59 Å². The molecule has 4 nitrogen and oxygen atoms in total. The Bertz CT molecular complexity index is 1050. The molecular formula is C22H19ClN2O2. The van der Waals surface area contributed by atoms with Crippen molar-refractivity contribution >= 4 is 29.0 Å². The molecule has 1 aliphatic heterocycles. The minimum Gasteiger partial charge on any atom is -0.348 e. The summed E-state index contributed by atoms with van der Waals surface area (Å²) in [5, 5.41) is 0.641. The molecule has 3 aromatic rings. The summed E-state index contributed by atoms with van der Waals surface area (Å²) in [6, 6.07) is 16.7. The number of aromatic nitrogens is 1. The first-order valence-corrected chi connectivity index (χ1v) is 9.13. The Kier molecular flexibility index (Phi) is 4.16. The summed E-state index contributed by atoms with van der Waals surface area (Å²) in [5.74, 6) is -0.243. The van der Waals surface area contributed by atoms with Crippen molar-refractivity contribution in [1.82, 2.24) is 4.57 Å². The highest BCUT2D eigenvalue weighted by Crippen LogP contribution is 2.44. The lowest BCUT2D eigenvalue weighted by atomic mass is 10.0. The number of halogens is 1. The van der Waals surface area contributed by atoms with Gasteiger partial charge in [-0.1, -0.05) is 41.9 Å². The van der Waals surface area contributed by atoms with E-state index in [1.807, 2.05) is 73.1 Å². The van der Waals surface area contributed by atoms with Crippen LogP contribution in [0.15, 0.2) is 54.6 Å². The molecule has 2 heterocycles. The first-order chi connectivity index (χ1) is 12.9. The second-order valence-corrected chi connectivity index (χ2v) is 7.24. The molecule has 0 aliphatic carbocycles. The van der Waals surface area contributed by atoms with Crippen LogP contribution in [-0.2, 0) is 7.05 Å². The van der Waals surface area contributed by atoms with Gasteiger partial charge in [-0.05, 0) is 43.7 Å². The Morgan fingerprint density at radius 1 is 1.04 bits per heavy atom. The van der Waals surface area contributed by atoms with E-state index in [1.165, 1.54) is 6.92 Å². The van der Waals surface area contributed by atoms with E-state index < -0.39 is 0 Å². The van der Waals surface area contributed by atoms with E-state index in [9.17, 15) is 9.59 Å². The maximum atomic E-state index is 13.5. The number of anilines is 1. The molecule has 1 aromatic heterocycles. The van der Waals surface area contributed by atoms with Crippen molar-refractivity contribution in [2.75, 3.05) is 4.90 Å². The maximum Gasteiger partial charge on any atom is 0.261 e. The SMILES string of the molecule is CC(=O)c1c2c(n(C)c1C)C(c1ccc(Cl)cc1)N(c1ccccc1)C2=O. The first-order valence-electron chi connectivity index (χ1n) is 8.76. The van der Waals surface area contributed by atoms with Crippen LogP contribution in [0, 0.1) is 6.92 Å². The number of fused-ring (bicyclic) bond motifs is 1. The molecule has 0 bridgehead atoms. The molecule has 0 fully saturated rings. The zero-order valence-electron chi connectivity index (χ0n) is 15.4. The first kappa shape index (κ1) is 17.6. The molecule has 0 saturated carbocycles. The standard InChI is InChI=1S/C22H19ClN2O2/c1-13-18(14(2)26)19-21(24(13)3)20(15-9-11-16(23)12-10-15)25(22(19)27)17-7-5-4-6-8-17/h4-12,20H,1-3H3. The molecule has 4 rings (SSSR count). The van der Waals surface area contributed by atoms with E-state index in [0.29, 0.717) is 16.1 Å². The van der Waals surface area contributed by atoms with Gasteiger partial charge in [0.1, 0.15) is 6.04 Å². The van der Waals surface area contributed by atoms with Gasteiger partial charge < -0.3 is 4.57 Å². The zero-order chi connectivity index (χ0) is 19.3. The van der Waals surface area contributed by atoms with Gasteiger partial charge in [0.2, 0.25) is 0 Å². The molecule has 0 radical (unpaired) electrons. The number of benzene rings is 2. The van der Waals surface area contributed by atoms with Gasteiger partial charge in [0.05, 0.1) is 16.8 Å². The highest BCUT2D eigenvalue weighted by molar-refractivity contribution is 6.30. The summed E-state index contributed by atoms with van der Waals surface area (Å²) < 4.78 is 1.96. The number of rotatable bonds is 3. The van der Waals surface area contributed by atoms with Gasteiger partial charge in [0.25, 0.3) is 5.91 Å². The topological polar surface area (TPSA) is 42.3 Å². The molecule has 1 amide bonds. The third-order valence-corrected chi connectivity index (χ3v) is 5.51. The molecule has 5 heteroatoms. The van der Waals surface area contributed by atoms with E-state index in [0.717, 1.165) is 22.6 Å². The van der Waals surface area contributed by atoms with E-state index in [-0.39, 0.29) is 17.7 Å². The van der Waals surface area contributed by atoms with Crippen LogP contribution in [-0.4, -0.2) is 16.3 Å². The summed E-state index contributed by atoms with van der Waals surface area (Å²) in [6.07, 6.45) is 0. The summed E-state index contributed by atoms with van der Waals surface area (Å²) in [7, 11) is 1.91. The van der Waals surface area contributed by atoms with Crippen molar-refractivity contribution in [2.24, 2.45) is 7.05 Å². The monoisotopic (exact) mass is 378 g/mol. The van der Waals surface area contributed by atoms with Crippen LogP contribution < -0.4 is 4.90 Å². The van der Waals surface area contributed by atoms with Gasteiger partial charge in [-0.3, -0.25) is 14.5 Å². The summed E-state index contributed by atoms with van der Waals surface area (Å²) in [6.45, 7) is 3.40. The van der Waals surface area contributed by atoms with Crippen molar-refractivity contribution in [3.05, 3.63) is 87.7 Å². The van der Waals surface area contributed by atoms with E-state index in [4.69, 9.17) is 11.6 Å². The molecule has 1 atom stereocenters. The molecule has 136 valence electrons. The normalized spacial score (nSPS) is 15.9. The van der Waals surface area contributed by atoms with Crippen molar-refractivity contribution in [1.29, 1.82) is 0 Å². The lowest BCUT2D eigenvalue weighted by Crippen LogP contribution is -2.30. The molecule has 0 N–H and O–H groups in total. The maximum absolute atomic E-state index is 13.5. The molecule has 2 aromatic carbocycles. The van der Waals surface area contributed by atoms with E-state index in [2.05, 4.69) is 0 Å². The number of carbonyl (C=O) groups excluding carboxylic acids is 2. The van der Waals surface area contributed by atoms with Crippen molar-refractivity contribution in [3.63, 3.8) is 0 Å². The lowest BCUT2D eigenvalue weighted by molar-refractivity contribution is 0.0970. The quantitative estimate of drug-likeness (QED) is 0.606. The molecule has 1 aliphatic rings. The van der Waals surface area contributed by atoms with Crippen LogP contribution in [0.3, 0.4) is 0 Å². The van der Waals surface area contributed by atoms with Crippen LogP contribution in [0.25, 0.3) is 0 Å². The predicted octanol–water partition coefficient (Wildman–Crippen LogP) is 4.94. The number of carbonyl (C=O) groups is 2. The Morgan fingerprint density at radius 3 is 2.26 bits per heavy atom. The Hall–Kier alpha value is -2.85. The zero-order valence-corrected chi connectivity index (χ0v) is 16.1. The molecule has 1 unspecified atom stereocenters. The number of ketones is 1. The fourth-order valence-corrected chi connectivity index (χ4v) is 4.09. The second kappa shape index (κ2) is 6.39. The van der Waals surface area contributed by atoms with Crippen LogP contribution in [0.4, 0.5) is 5.69 Å². The van der Waals surface area contributed by atoms with Crippen LogP contribution >= 0.6 is 11.6 Å². The average molecular weight is 379 g/mol. The molecule has 0 spiro atoms. The average Bonchev–Trinajstić information content (AvgIpc) is 3.09. The molecule has 0 saturated heterocycles. The minimum absolute atomic E-state index is 0.0949. The fourth-order valence-electron chi connectivity index (χ4n) is 3.96. The van der Waals surface area contributed by atoms with Gasteiger partial charge in [0.15, 0.2) is 5.78 Å². The fraction of sp³-hybridized carbons (Fsp3) is 0.182. The van der Waals surface area contributed by atoms with Gasteiger partial charge in [0, 0.05) is 23.5 Å². The Morgan fingerprint density at radius 2 is 1.67 bits per heavy atom. The number of para-hydroxylation sites is 1. The lowest BCUT2D eigenvalue weighted by Gasteiger charge is -2.27.